The second-order valence-electron chi connectivity index (χ2n) is 4.95. The molecule has 1 fully saturated rings. The van der Waals surface area contributed by atoms with E-state index in [1.165, 1.54) is 23.5 Å². The van der Waals surface area contributed by atoms with Crippen molar-refractivity contribution in [1.29, 1.82) is 0 Å². The lowest BCUT2D eigenvalue weighted by atomic mass is 9.92. The Balaban J connectivity index is 2.13. The maximum absolute atomic E-state index is 6.11. The van der Waals surface area contributed by atoms with Crippen LogP contribution in [0.3, 0.4) is 0 Å². The van der Waals surface area contributed by atoms with Gasteiger partial charge in [-0.2, -0.15) is 11.8 Å². The lowest BCUT2D eigenvalue weighted by Gasteiger charge is -2.24. The van der Waals surface area contributed by atoms with Crippen LogP contribution in [0.2, 0.25) is 5.02 Å². The van der Waals surface area contributed by atoms with Crippen molar-refractivity contribution in [1.82, 2.24) is 5.32 Å². The Kier molecular flexibility index (Phi) is 5.86. The molecule has 1 aromatic carbocycles. The van der Waals surface area contributed by atoms with Gasteiger partial charge in [-0.05, 0) is 60.6 Å². The number of likely N-dealkylation sites (N-methyl/N-ethyl adjacent to an activating group) is 1. The Bertz CT molecular complexity index is 407. The fraction of sp³-hybridized carbons (Fsp3) is 0.600. The summed E-state index contributed by atoms with van der Waals surface area (Å²) in [4.78, 5) is 0. The highest BCUT2D eigenvalue weighted by Gasteiger charge is 2.25. The van der Waals surface area contributed by atoms with Crippen molar-refractivity contribution in [3.8, 4) is 5.75 Å². The predicted octanol–water partition coefficient (Wildman–Crippen LogP) is 3.62. The molecule has 0 bridgehead atoms. The number of hydrogen-bond donors (Lipinski definition) is 1. The summed E-state index contributed by atoms with van der Waals surface area (Å²) in [5, 5.41) is 4.42. The van der Waals surface area contributed by atoms with Gasteiger partial charge >= 0.3 is 0 Å². The van der Waals surface area contributed by atoms with Gasteiger partial charge in [0, 0.05) is 11.1 Å². The molecule has 1 aliphatic heterocycles. The number of rotatable bonds is 6. The third-order valence-electron chi connectivity index (χ3n) is 3.68. The lowest BCUT2D eigenvalue weighted by Crippen LogP contribution is -2.38. The van der Waals surface area contributed by atoms with Crippen LogP contribution in [0.25, 0.3) is 0 Å². The third-order valence-corrected chi connectivity index (χ3v) is 5.11. The molecule has 0 amide bonds. The van der Waals surface area contributed by atoms with E-state index in [1.54, 1.807) is 7.11 Å². The fourth-order valence-corrected chi connectivity index (χ4v) is 4.21. The minimum Gasteiger partial charge on any atom is -0.496 e. The van der Waals surface area contributed by atoms with Crippen molar-refractivity contribution in [2.75, 3.05) is 25.2 Å². The quantitative estimate of drug-likeness (QED) is 0.867. The van der Waals surface area contributed by atoms with Crippen molar-refractivity contribution in [2.45, 2.75) is 25.8 Å². The Morgan fingerprint density at radius 2 is 2.37 bits per heavy atom. The van der Waals surface area contributed by atoms with Gasteiger partial charge in [0.15, 0.2) is 0 Å². The zero-order valence-corrected chi connectivity index (χ0v) is 13.2. The van der Waals surface area contributed by atoms with Gasteiger partial charge in [0.2, 0.25) is 0 Å². The molecular formula is C15H22ClNOS. The van der Waals surface area contributed by atoms with Gasteiger partial charge < -0.3 is 10.1 Å². The number of thioether (sulfide) groups is 1. The zero-order valence-electron chi connectivity index (χ0n) is 11.6. The van der Waals surface area contributed by atoms with Gasteiger partial charge in [0.05, 0.1) is 7.11 Å². The summed E-state index contributed by atoms with van der Waals surface area (Å²) in [5.41, 5.74) is 1.21. The summed E-state index contributed by atoms with van der Waals surface area (Å²) >= 11 is 8.18. The van der Waals surface area contributed by atoms with E-state index in [4.69, 9.17) is 16.3 Å². The summed E-state index contributed by atoms with van der Waals surface area (Å²) in [6.45, 7) is 3.18. The summed E-state index contributed by atoms with van der Waals surface area (Å²) in [7, 11) is 1.72. The number of halogens is 1. The Labute approximate surface area is 125 Å². The molecule has 2 atom stereocenters. The zero-order chi connectivity index (χ0) is 13.7. The molecule has 2 rings (SSSR count). The van der Waals surface area contributed by atoms with Crippen LogP contribution < -0.4 is 10.1 Å². The molecule has 0 saturated carbocycles. The van der Waals surface area contributed by atoms with Crippen LogP contribution >= 0.6 is 23.4 Å². The minimum absolute atomic E-state index is 0.521. The van der Waals surface area contributed by atoms with Gasteiger partial charge in [0.1, 0.15) is 5.75 Å². The van der Waals surface area contributed by atoms with E-state index < -0.39 is 0 Å². The average Bonchev–Trinajstić information content (AvgIpc) is 2.92. The SMILES string of the molecule is CCNC(Cc1cc(Cl)ccc1OC)C1CCSC1. The first-order valence-corrected chi connectivity index (χ1v) is 8.41. The first-order valence-electron chi connectivity index (χ1n) is 6.88. The number of benzene rings is 1. The highest BCUT2D eigenvalue weighted by atomic mass is 35.5. The normalized spacial score (nSPS) is 20.5. The molecular weight excluding hydrogens is 278 g/mol. The van der Waals surface area contributed by atoms with Crippen LogP contribution in [0.15, 0.2) is 18.2 Å². The van der Waals surface area contributed by atoms with E-state index in [-0.39, 0.29) is 0 Å². The Morgan fingerprint density at radius 1 is 1.53 bits per heavy atom. The highest BCUT2D eigenvalue weighted by Crippen LogP contribution is 2.30. The molecule has 1 saturated heterocycles. The Hall–Kier alpha value is -0.380. The topological polar surface area (TPSA) is 21.3 Å². The largest absolute Gasteiger partial charge is 0.496 e. The molecule has 2 nitrogen and oxygen atoms in total. The van der Waals surface area contributed by atoms with E-state index in [0.717, 1.165) is 29.7 Å². The third kappa shape index (κ3) is 4.04. The maximum Gasteiger partial charge on any atom is 0.122 e. The van der Waals surface area contributed by atoms with Crippen molar-refractivity contribution in [3.63, 3.8) is 0 Å². The van der Waals surface area contributed by atoms with Crippen molar-refractivity contribution in [3.05, 3.63) is 28.8 Å². The number of methoxy groups -OCH3 is 1. The van der Waals surface area contributed by atoms with Crippen LogP contribution in [0, 0.1) is 5.92 Å². The van der Waals surface area contributed by atoms with Crippen LogP contribution in [0.5, 0.6) is 5.75 Å². The van der Waals surface area contributed by atoms with Crippen LogP contribution in [0.1, 0.15) is 18.9 Å². The van der Waals surface area contributed by atoms with E-state index in [2.05, 4.69) is 24.0 Å². The molecule has 106 valence electrons. The highest BCUT2D eigenvalue weighted by molar-refractivity contribution is 7.99. The van der Waals surface area contributed by atoms with E-state index in [9.17, 15) is 0 Å². The number of hydrogen-bond acceptors (Lipinski definition) is 3. The minimum atomic E-state index is 0.521. The first-order chi connectivity index (χ1) is 9.24. The molecule has 1 heterocycles. The lowest BCUT2D eigenvalue weighted by molar-refractivity contribution is 0.372. The van der Waals surface area contributed by atoms with Gasteiger partial charge in [-0.15, -0.1) is 0 Å². The summed E-state index contributed by atoms with van der Waals surface area (Å²) in [5.74, 6) is 4.26. The van der Waals surface area contributed by atoms with E-state index in [1.807, 2.05) is 18.2 Å². The predicted molar refractivity (Wildman–Crippen MR) is 84.6 cm³/mol. The van der Waals surface area contributed by atoms with E-state index >= 15 is 0 Å². The summed E-state index contributed by atoms with van der Waals surface area (Å²) < 4.78 is 5.45. The van der Waals surface area contributed by atoms with Crippen molar-refractivity contribution in [2.24, 2.45) is 5.92 Å². The van der Waals surface area contributed by atoms with Crippen molar-refractivity contribution < 1.29 is 4.74 Å². The molecule has 4 heteroatoms. The smallest absolute Gasteiger partial charge is 0.122 e. The molecule has 0 radical (unpaired) electrons. The van der Waals surface area contributed by atoms with Crippen molar-refractivity contribution >= 4 is 23.4 Å². The molecule has 19 heavy (non-hydrogen) atoms. The molecule has 1 N–H and O–H groups in total. The summed E-state index contributed by atoms with van der Waals surface area (Å²) in [6, 6.07) is 6.40. The first kappa shape index (κ1) is 15.0. The molecule has 2 unspecified atom stereocenters. The monoisotopic (exact) mass is 299 g/mol. The number of ether oxygens (including phenoxy) is 1. The van der Waals surface area contributed by atoms with E-state index in [0.29, 0.717) is 6.04 Å². The van der Waals surface area contributed by atoms with Gasteiger partial charge in [0.25, 0.3) is 0 Å². The van der Waals surface area contributed by atoms with Gasteiger partial charge in [-0.25, -0.2) is 0 Å². The van der Waals surface area contributed by atoms with Crippen LogP contribution in [-0.4, -0.2) is 31.2 Å². The van der Waals surface area contributed by atoms with Gasteiger partial charge in [-0.3, -0.25) is 0 Å². The van der Waals surface area contributed by atoms with Crippen LogP contribution in [0.4, 0.5) is 0 Å². The standard InChI is InChI=1S/C15H22ClNOS/c1-3-17-14(11-6-7-19-10-11)9-12-8-13(16)4-5-15(12)18-2/h4-5,8,11,14,17H,3,6-7,9-10H2,1-2H3. The molecule has 1 aliphatic rings. The molecule has 0 aliphatic carbocycles. The van der Waals surface area contributed by atoms with Crippen LogP contribution in [-0.2, 0) is 6.42 Å². The molecule has 0 aromatic heterocycles. The summed E-state index contributed by atoms with van der Waals surface area (Å²) in [6.07, 6.45) is 2.30. The second kappa shape index (κ2) is 7.41. The maximum atomic E-state index is 6.11. The Morgan fingerprint density at radius 3 is 3.00 bits per heavy atom. The number of nitrogens with one attached hydrogen (secondary N) is 1. The molecule has 1 aromatic rings. The molecule has 0 spiro atoms. The fourth-order valence-electron chi connectivity index (χ4n) is 2.68. The van der Waals surface area contributed by atoms with Gasteiger partial charge in [-0.1, -0.05) is 18.5 Å². The second-order valence-corrected chi connectivity index (χ2v) is 6.53. The average molecular weight is 300 g/mol.